The van der Waals surface area contributed by atoms with Gasteiger partial charge in [0.05, 0.1) is 0 Å². The van der Waals surface area contributed by atoms with Crippen LogP contribution in [0.2, 0.25) is 0 Å². The van der Waals surface area contributed by atoms with Gasteiger partial charge >= 0.3 is 0 Å². The highest BCUT2D eigenvalue weighted by molar-refractivity contribution is 5.99. The first-order valence-corrected chi connectivity index (χ1v) is 8.43. The molecule has 4 heteroatoms. The van der Waals surface area contributed by atoms with Gasteiger partial charge in [-0.15, -0.1) is 0 Å². The summed E-state index contributed by atoms with van der Waals surface area (Å²) in [5.41, 5.74) is 0.446. The van der Waals surface area contributed by atoms with E-state index in [0.717, 1.165) is 19.3 Å². The molecule has 0 spiro atoms. The van der Waals surface area contributed by atoms with Crippen LogP contribution in [-0.4, -0.2) is 40.9 Å². The monoisotopic (exact) mass is 316 g/mol. The van der Waals surface area contributed by atoms with E-state index in [0.29, 0.717) is 5.56 Å². The molecule has 0 bridgehead atoms. The zero-order valence-corrected chi connectivity index (χ0v) is 14.9. The van der Waals surface area contributed by atoms with Crippen molar-refractivity contribution in [2.75, 3.05) is 7.05 Å². The molecule has 1 aliphatic heterocycles. The lowest BCUT2D eigenvalue weighted by Crippen LogP contribution is -2.50. The Morgan fingerprint density at radius 3 is 2.30 bits per heavy atom. The first kappa shape index (κ1) is 17.5. The van der Waals surface area contributed by atoms with Gasteiger partial charge in [0, 0.05) is 18.0 Å². The maximum atomic E-state index is 13.1. The normalized spacial score (nSPS) is 21.9. The number of rotatable bonds is 4. The Morgan fingerprint density at radius 1 is 1.17 bits per heavy atom. The molecule has 0 unspecified atom stereocenters. The molecular weight excluding hydrogens is 288 g/mol. The van der Waals surface area contributed by atoms with Crippen molar-refractivity contribution >= 4 is 11.8 Å². The van der Waals surface area contributed by atoms with E-state index >= 15 is 0 Å². The third kappa shape index (κ3) is 3.41. The number of amides is 2. The molecule has 2 atom stereocenters. The molecular formula is C19H28N2O2. The second kappa shape index (κ2) is 6.73. The summed E-state index contributed by atoms with van der Waals surface area (Å²) in [6.07, 6.45) is 2.47. The molecule has 0 radical (unpaired) electrons. The van der Waals surface area contributed by atoms with Crippen molar-refractivity contribution in [3.05, 3.63) is 35.9 Å². The Hall–Kier alpha value is -1.84. The van der Waals surface area contributed by atoms with Gasteiger partial charge in [-0.3, -0.25) is 9.59 Å². The van der Waals surface area contributed by atoms with Crippen LogP contribution in [-0.2, 0) is 4.79 Å². The molecule has 1 aromatic rings. The van der Waals surface area contributed by atoms with Crippen LogP contribution in [0.3, 0.4) is 0 Å². The average Bonchev–Trinajstić information content (AvgIpc) is 2.77. The third-order valence-corrected chi connectivity index (χ3v) is 4.46. The fraction of sp³-hybridized carbons (Fsp3) is 0.579. The number of hydrogen-bond acceptors (Lipinski definition) is 2. The smallest absolute Gasteiger partial charge is 0.256 e. The van der Waals surface area contributed by atoms with Crippen molar-refractivity contribution in [2.24, 2.45) is 5.41 Å². The first-order valence-electron chi connectivity index (χ1n) is 8.43. The Labute approximate surface area is 139 Å². The SMILES string of the molecule is CCCC[C@H]1C(=O)N(C)[C@H](C(C)(C)C)N1C(=O)c1ccccc1. The van der Waals surface area contributed by atoms with E-state index in [4.69, 9.17) is 0 Å². The van der Waals surface area contributed by atoms with Crippen molar-refractivity contribution in [3.8, 4) is 0 Å². The lowest BCUT2D eigenvalue weighted by atomic mass is 9.90. The van der Waals surface area contributed by atoms with Crippen LogP contribution in [0.4, 0.5) is 0 Å². The van der Waals surface area contributed by atoms with Gasteiger partial charge in [-0.2, -0.15) is 0 Å². The number of carbonyl (C=O) groups excluding carboxylic acids is 2. The highest BCUT2D eigenvalue weighted by atomic mass is 16.2. The predicted molar refractivity (Wildman–Crippen MR) is 91.9 cm³/mol. The van der Waals surface area contributed by atoms with E-state index in [1.165, 1.54) is 0 Å². The van der Waals surface area contributed by atoms with Crippen molar-refractivity contribution < 1.29 is 9.59 Å². The standard InChI is InChI=1S/C19H28N2O2/c1-6-7-13-15-17(23)20(5)18(19(2,3)4)21(15)16(22)14-11-9-8-10-12-14/h8-12,15,18H,6-7,13H2,1-5H3/t15-,18-/m0/s1. The fourth-order valence-electron chi connectivity index (χ4n) is 3.47. The van der Waals surface area contributed by atoms with Crippen LogP contribution in [0, 0.1) is 5.41 Å². The molecule has 2 amide bonds. The van der Waals surface area contributed by atoms with Gasteiger partial charge in [-0.25, -0.2) is 0 Å². The molecule has 23 heavy (non-hydrogen) atoms. The lowest BCUT2D eigenvalue weighted by Gasteiger charge is -2.39. The molecule has 0 N–H and O–H groups in total. The summed E-state index contributed by atoms with van der Waals surface area (Å²) in [5, 5.41) is 0. The van der Waals surface area contributed by atoms with Gasteiger partial charge in [0.25, 0.3) is 5.91 Å². The van der Waals surface area contributed by atoms with E-state index in [1.807, 2.05) is 42.3 Å². The van der Waals surface area contributed by atoms with Crippen LogP contribution in [0.25, 0.3) is 0 Å². The van der Waals surface area contributed by atoms with Crippen molar-refractivity contribution in [1.82, 2.24) is 9.80 Å². The molecule has 2 rings (SSSR count). The average molecular weight is 316 g/mol. The van der Waals surface area contributed by atoms with Gasteiger partial charge in [0.2, 0.25) is 5.91 Å². The largest absolute Gasteiger partial charge is 0.323 e. The molecule has 126 valence electrons. The Kier molecular flexibility index (Phi) is 5.12. The summed E-state index contributed by atoms with van der Waals surface area (Å²) in [6, 6.07) is 8.92. The molecule has 0 aliphatic carbocycles. The highest BCUT2D eigenvalue weighted by Crippen LogP contribution is 2.36. The van der Waals surface area contributed by atoms with E-state index in [9.17, 15) is 9.59 Å². The van der Waals surface area contributed by atoms with E-state index < -0.39 is 0 Å². The molecule has 1 aliphatic rings. The molecule has 4 nitrogen and oxygen atoms in total. The molecule has 1 aromatic carbocycles. The van der Waals surface area contributed by atoms with Gasteiger partial charge in [-0.05, 0) is 18.6 Å². The number of carbonyl (C=O) groups is 2. The second-order valence-corrected chi connectivity index (χ2v) is 7.43. The van der Waals surface area contributed by atoms with E-state index in [-0.39, 0.29) is 29.4 Å². The zero-order valence-electron chi connectivity index (χ0n) is 14.9. The maximum absolute atomic E-state index is 13.1. The van der Waals surface area contributed by atoms with Crippen LogP contribution >= 0.6 is 0 Å². The Morgan fingerprint density at radius 2 is 1.78 bits per heavy atom. The second-order valence-electron chi connectivity index (χ2n) is 7.43. The van der Waals surface area contributed by atoms with Crippen molar-refractivity contribution in [1.29, 1.82) is 0 Å². The Bertz CT molecular complexity index is 562. The lowest BCUT2D eigenvalue weighted by molar-refractivity contribution is -0.129. The minimum absolute atomic E-state index is 0.0515. The number of benzene rings is 1. The van der Waals surface area contributed by atoms with Gasteiger partial charge in [0.15, 0.2) is 0 Å². The minimum atomic E-state index is -0.350. The molecule has 1 saturated heterocycles. The Balaban J connectivity index is 2.42. The topological polar surface area (TPSA) is 40.6 Å². The maximum Gasteiger partial charge on any atom is 0.256 e. The molecule has 0 saturated carbocycles. The molecule has 0 aromatic heterocycles. The van der Waals surface area contributed by atoms with E-state index in [1.54, 1.807) is 4.90 Å². The molecule has 1 heterocycles. The predicted octanol–water partition coefficient (Wildman–Crippen LogP) is 3.53. The summed E-state index contributed by atoms with van der Waals surface area (Å²) >= 11 is 0. The summed E-state index contributed by atoms with van der Waals surface area (Å²) in [5.74, 6) is 0.00647. The number of hydrogen-bond donors (Lipinski definition) is 0. The van der Waals surface area contributed by atoms with Crippen molar-refractivity contribution in [2.45, 2.75) is 59.2 Å². The molecule has 1 fully saturated rings. The van der Waals surface area contributed by atoms with Crippen LogP contribution in [0.15, 0.2) is 30.3 Å². The van der Waals surface area contributed by atoms with Gasteiger partial charge < -0.3 is 9.80 Å². The van der Waals surface area contributed by atoms with Gasteiger partial charge in [-0.1, -0.05) is 58.7 Å². The van der Waals surface area contributed by atoms with Crippen LogP contribution < -0.4 is 0 Å². The van der Waals surface area contributed by atoms with Crippen molar-refractivity contribution in [3.63, 3.8) is 0 Å². The third-order valence-electron chi connectivity index (χ3n) is 4.46. The summed E-state index contributed by atoms with van der Waals surface area (Å²) in [4.78, 5) is 29.4. The van der Waals surface area contributed by atoms with Crippen LogP contribution in [0.5, 0.6) is 0 Å². The summed E-state index contributed by atoms with van der Waals surface area (Å²) in [7, 11) is 1.81. The summed E-state index contributed by atoms with van der Waals surface area (Å²) < 4.78 is 0. The number of nitrogens with zero attached hydrogens (tertiary/aromatic N) is 2. The quantitative estimate of drug-likeness (QED) is 0.852. The summed E-state index contributed by atoms with van der Waals surface area (Å²) in [6.45, 7) is 8.34. The fourth-order valence-corrected chi connectivity index (χ4v) is 3.47. The number of unbranched alkanes of at least 4 members (excludes halogenated alkanes) is 1. The minimum Gasteiger partial charge on any atom is -0.323 e. The zero-order chi connectivity index (χ0) is 17.2. The van der Waals surface area contributed by atoms with E-state index in [2.05, 4.69) is 27.7 Å². The number of likely N-dealkylation sites (N-methyl/N-ethyl adjacent to an activating group) is 1. The highest BCUT2D eigenvalue weighted by Gasteiger charge is 2.50. The van der Waals surface area contributed by atoms with Crippen LogP contribution in [0.1, 0.15) is 57.3 Å². The van der Waals surface area contributed by atoms with Gasteiger partial charge in [0.1, 0.15) is 12.2 Å². The first-order chi connectivity index (χ1) is 10.8.